The molecule has 10 nitrogen and oxygen atoms in total. The van der Waals surface area contributed by atoms with E-state index < -0.39 is 23.1 Å². The highest BCUT2D eigenvalue weighted by Gasteiger charge is 2.50. The van der Waals surface area contributed by atoms with E-state index in [4.69, 9.17) is 24.2 Å². The van der Waals surface area contributed by atoms with Crippen LogP contribution in [0, 0.1) is 5.82 Å². The molecule has 4 atom stereocenters. The largest absolute Gasteiger partial charge is 0.508 e. The molecule has 0 unspecified atom stereocenters. The molecule has 5 aliphatic heterocycles. The van der Waals surface area contributed by atoms with Crippen LogP contribution < -0.4 is 9.64 Å². The van der Waals surface area contributed by atoms with Crippen LogP contribution in [0.5, 0.6) is 11.8 Å². The van der Waals surface area contributed by atoms with Crippen LogP contribution in [0.15, 0.2) is 42.5 Å². The standard InChI is InChI=1S/C42H49F2N5O5/c1-41(2,3)54-40(51)49-28-9-10-29(49)23-47(22-28)38-34-19-32(25-11-15-52-16-12-25)35(33-18-30(50)17-26-7-4-5-8-31(26)33)36(44)37(34)45-39(46-38)53-24-42-13-6-14-48(42)21-27(43)20-42/h4-5,7-8,17-19,25,27-29,50H,6,9-16,20-24H2,1-3H3/t27-,28-,29+,42+/m1/s1. The number of carbonyl (C=O) groups excluding carboxylic acids is 1. The summed E-state index contributed by atoms with van der Waals surface area (Å²) in [4.78, 5) is 29.5. The minimum atomic E-state index is -0.917. The van der Waals surface area contributed by atoms with E-state index >= 15 is 4.39 Å². The van der Waals surface area contributed by atoms with Crippen molar-refractivity contribution in [1.29, 1.82) is 0 Å². The van der Waals surface area contributed by atoms with Gasteiger partial charge in [-0.3, -0.25) is 9.80 Å². The number of halogens is 2. The lowest BCUT2D eigenvalue weighted by Gasteiger charge is -2.42. The van der Waals surface area contributed by atoms with E-state index in [1.54, 1.807) is 12.1 Å². The van der Waals surface area contributed by atoms with Gasteiger partial charge in [0.2, 0.25) is 0 Å². The van der Waals surface area contributed by atoms with Gasteiger partial charge in [0.1, 0.15) is 35.5 Å². The molecular weight excluding hydrogens is 692 g/mol. The number of aromatic hydroxyl groups is 1. The molecule has 5 fully saturated rings. The number of alkyl halides is 1. The predicted octanol–water partition coefficient (Wildman–Crippen LogP) is 7.73. The van der Waals surface area contributed by atoms with E-state index in [2.05, 4.69) is 9.80 Å². The predicted molar refractivity (Wildman–Crippen MR) is 203 cm³/mol. The lowest BCUT2D eigenvalue weighted by Crippen LogP contribution is -2.57. The number of aromatic nitrogens is 2. The molecule has 1 N–H and O–H groups in total. The third-order valence-corrected chi connectivity index (χ3v) is 12.3. The van der Waals surface area contributed by atoms with Crippen LogP contribution in [0.2, 0.25) is 0 Å². The van der Waals surface area contributed by atoms with Crippen molar-refractivity contribution < 1.29 is 32.9 Å². The van der Waals surface area contributed by atoms with E-state index in [-0.39, 0.29) is 48.0 Å². The van der Waals surface area contributed by atoms with Crippen molar-refractivity contribution in [3.63, 3.8) is 0 Å². The average molecular weight is 742 g/mol. The molecule has 2 bridgehead atoms. The number of phenolic OH excluding ortho intramolecular Hbond substituents is 1. The molecule has 286 valence electrons. The minimum absolute atomic E-state index is 0.00111. The van der Waals surface area contributed by atoms with Crippen molar-refractivity contribution in [3.8, 4) is 22.9 Å². The summed E-state index contributed by atoms with van der Waals surface area (Å²) in [7, 11) is 0. The first kappa shape index (κ1) is 35.4. The monoisotopic (exact) mass is 741 g/mol. The first-order chi connectivity index (χ1) is 26.0. The fourth-order valence-corrected chi connectivity index (χ4v) is 9.96. The summed E-state index contributed by atoms with van der Waals surface area (Å²) in [5.41, 5.74) is 0.906. The third-order valence-electron chi connectivity index (χ3n) is 12.3. The number of ether oxygens (including phenoxy) is 3. The summed E-state index contributed by atoms with van der Waals surface area (Å²) >= 11 is 0. The van der Waals surface area contributed by atoms with Crippen LogP contribution in [0.4, 0.5) is 19.4 Å². The normalized spacial score (nSPS) is 26.2. The van der Waals surface area contributed by atoms with Crippen LogP contribution in [-0.4, -0.2) is 106 Å². The Labute approximate surface area is 314 Å². The number of benzene rings is 3. The molecule has 5 aliphatic rings. The summed E-state index contributed by atoms with van der Waals surface area (Å²) in [6.07, 6.45) is 4.04. The second-order valence-corrected chi connectivity index (χ2v) is 17.0. The zero-order valence-electron chi connectivity index (χ0n) is 31.3. The van der Waals surface area contributed by atoms with Gasteiger partial charge in [-0.05, 0) is 112 Å². The molecule has 6 heterocycles. The molecule has 0 spiro atoms. The molecule has 4 aromatic rings. The van der Waals surface area contributed by atoms with Gasteiger partial charge in [-0.15, -0.1) is 0 Å². The van der Waals surface area contributed by atoms with Gasteiger partial charge in [0.05, 0.1) is 17.6 Å². The van der Waals surface area contributed by atoms with Crippen LogP contribution in [0.25, 0.3) is 32.8 Å². The minimum Gasteiger partial charge on any atom is -0.508 e. The number of hydrogen-bond donors (Lipinski definition) is 1. The van der Waals surface area contributed by atoms with Gasteiger partial charge < -0.3 is 24.2 Å². The van der Waals surface area contributed by atoms with E-state index in [0.29, 0.717) is 61.6 Å². The van der Waals surface area contributed by atoms with Crippen LogP contribution in [-0.2, 0) is 9.47 Å². The highest BCUT2D eigenvalue weighted by molar-refractivity contribution is 6.02. The van der Waals surface area contributed by atoms with Gasteiger partial charge in [-0.25, -0.2) is 13.6 Å². The molecule has 5 saturated heterocycles. The summed E-state index contributed by atoms with van der Waals surface area (Å²) in [6.45, 7) is 9.17. The van der Waals surface area contributed by atoms with Gasteiger partial charge in [0, 0.05) is 50.2 Å². The van der Waals surface area contributed by atoms with Gasteiger partial charge >= 0.3 is 12.1 Å². The lowest BCUT2D eigenvalue weighted by molar-refractivity contribution is 0.0122. The molecule has 0 saturated carbocycles. The Bertz CT molecular complexity index is 2090. The van der Waals surface area contributed by atoms with Crippen LogP contribution in [0.1, 0.15) is 77.2 Å². The molecule has 0 aliphatic carbocycles. The fourth-order valence-electron chi connectivity index (χ4n) is 9.96. The first-order valence-electron chi connectivity index (χ1n) is 19.6. The number of carbonyl (C=O) groups is 1. The van der Waals surface area contributed by atoms with E-state index in [1.165, 1.54) is 0 Å². The number of phenols is 1. The summed E-state index contributed by atoms with van der Waals surface area (Å²) in [5.74, 6) is 0.112. The second kappa shape index (κ2) is 13.5. The van der Waals surface area contributed by atoms with Crippen molar-refractivity contribution in [3.05, 3.63) is 53.8 Å². The number of amides is 1. The Kier molecular flexibility index (Phi) is 8.84. The summed E-state index contributed by atoms with van der Waals surface area (Å²) in [6, 6.07) is 12.9. The number of anilines is 1. The maximum atomic E-state index is 17.8. The smallest absolute Gasteiger partial charge is 0.410 e. The van der Waals surface area contributed by atoms with Gasteiger partial charge in [0.25, 0.3) is 0 Å². The SMILES string of the molecule is CC(C)(C)OC(=O)N1[C@@H]2CC[C@H]1CN(c1nc(OC[C@@]34CCCN3C[C@H](F)C4)nc3c(F)c(-c4cc(O)cc5ccccc45)c(C4CCOCC4)cc13)C2. The first-order valence-corrected chi connectivity index (χ1v) is 19.6. The van der Waals surface area contributed by atoms with Crippen molar-refractivity contribution in [2.24, 2.45) is 0 Å². The average Bonchev–Trinajstić information content (AvgIpc) is 3.76. The number of nitrogens with zero attached hydrogens (tertiary/aromatic N) is 5. The highest BCUT2D eigenvalue weighted by atomic mass is 19.1. The van der Waals surface area contributed by atoms with Crippen molar-refractivity contribution in [2.45, 2.75) is 101 Å². The summed E-state index contributed by atoms with van der Waals surface area (Å²) < 4.78 is 50.6. The van der Waals surface area contributed by atoms with Crippen molar-refractivity contribution in [1.82, 2.24) is 19.8 Å². The van der Waals surface area contributed by atoms with E-state index in [0.717, 1.165) is 61.4 Å². The zero-order valence-corrected chi connectivity index (χ0v) is 31.3. The summed E-state index contributed by atoms with van der Waals surface area (Å²) in [5, 5.41) is 13.1. The van der Waals surface area contributed by atoms with Gasteiger partial charge in [-0.2, -0.15) is 9.97 Å². The maximum Gasteiger partial charge on any atom is 0.410 e. The molecular formula is C42H49F2N5O5. The van der Waals surface area contributed by atoms with Crippen molar-refractivity contribution >= 4 is 33.6 Å². The molecule has 0 radical (unpaired) electrons. The Morgan fingerprint density at radius 3 is 2.54 bits per heavy atom. The number of hydrogen-bond acceptors (Lipinski definition) is 9. The Morgan fingerprint density at radius 1 is 1.02 bits per heavy atom. The molecule has 1 aromatic heterocycles. The molecule has 12 heteroatoms. The number of fused-ring (bicyclic) bond motifs is 5. The van der Waals surface area contributed by atoms with Crippen LogP contribution >= 0.6 is 0 Å². The molecule has 1 amide bonds. The lowest BCUT2D eigenvalue weighted by atomic mass is 9.83. The topological polar surface area (TPSA) is 100 Å². The number of piperazine rings is 1. The maximum absolute atomic E-state index is 17.8. The zero-order chi connectivity index (χ0) is 37.4. The van der Waals surface area contributed by atoms with Gasteiger partial charge in [0.15, 0.2) is 5.82 Å². The van der Waals surface area contributed by atoms with Gasteiger partial charge in [-0.1, -0.05) is 24.3 Å². The molecule has 54 heavy (non-hydrogen) atoms. The van der Waals surface area contributed by atoms with Crippen LogP contribution in [0.3, 0.4) is 0 Å². The molecule has 9 rings (SSSR count). The highest BCUT2D eigenvalue weighted by Crippen LogP contribution is 2.46. The van der Waals surface area contributed by atoms with Crippen molar-refractivity contribution in [2.75, 3.05) is 50.9 Å². The van der Waals surface area contributed by atoms with E-state index in [9.17, 15) is 14.3 Å². The molecule has 3 aromatic carbocycles. The fraction of sp³-hybridized carbons (Fsp3) is 0.548. The van der Waals surface area contributed by atoms with E-state index in [1.807, 2.05) is 56.0 Å². The Hall–Kier alpha value is -4.29. The Morgan fingerprint density at radius 2 is 1.78 bits per heavy atom. The Balaban J connectivity index is 1.19. The quantitative estimate of drug-likeness (QED) is 0.213. The second-order valence-electron chi connectivity index (χ2n) is 17.0. The third kappa shape index (κ3) is 6.28. The number of rotatable bonds is 6.